The second-order valence-electron chi connectivity index (χ2n) is 6.52. The van der Waals surface area contributed by atoms with Crippen molar-refractivity contribution in [3.63, 3.8) is 0 Å². The molecule has 10 heteroatoms. The van der Waals surface area contributed by atoms with Crippen molar-refractivity contribution in [2.75, 3.05) is 26.4 Å². The molecule has 0 saturated carbocycles. The molecule has 0 saturated heterocycles. The monoisotopic (exact) mass is 602 g/mol. The summed E-state index contributed by atoms with van der Waals surface area (Å²) in [6.45, 7) is 2.35. The minimum absolute atomic E-state index is 0.584. The molecule has 6 rings (SSSR count). The van der Waals surface area contributed by atoms with E-state index in [2.05, 4.69) is 54.8 Å². The van der Waals surface area contributed by atoms with Gasteiger partial charge in [-0.3, -0.25) is 0 Å². The normalized spacial score (nSPS) is 14.9. The molecule has 4 aromatic rings. The average molecular weight is 604 g/mol. The topological polar surface area (TPSA) is 36.9 Å². The third-order valence-corrected chi connectivity index (χ3v) is 10.4. The van der Waals surface area contributed by atoms with E-state index in [9.17, 15) is 0 Å². The third-order valence-electron chi connectivity index (χ3n) is 4.68. The Bertz CT molecular complexity index is 1160. The Hall–Kier alpha value is -1.04. The zero-order chi connectivity index (χ0) is 20.2. The van der Waals surface area contributed by atoms with Gasteiger partial charge in [0.05, 0.1) is 9.75 Å². The van der Waals surface area contributed by atoms with Gasteiger partial charge in [-0.1, -0.05) is 0 Å². The van der Waals surface area contributed by atoms with Crippen LogP contribution in [0.25, 0.3) is 30.6 Å². The predicted octanol–water partition coefficient (Wildman–Crippen LogP) is 8.00. The van der Waals surface area contributed by atoms with Crippen molar-refractivity contribution in [3.05, 3.63) is 30.5 Å². The van der Waals surface area contributed by atoms with E-state index in [1.807, 2.05) is 0 Å². The summed E-state index contributed by atoms with van der Waals surface area (Å²) in [4.78, 5) is 4.69. The lowest BCUT2D eigenvalue weighted by molar-refractivity contribution is 0.173. The first kappa shape index (κ1) is 19.6. The summed E-state index contributed by atoms with van der Waals surface area (Å²) in [7, 11) is 0. The summed E-state index contributed by atoms with van der Waals surface area (Å²) in [5, 5.41) is 4.37. The van der Waals surface area contributed by atoms with E-state index in [1.54, 1.807) is 45.3 Å². The molecule has 0 bridgehead atoms. The van der Waals surface area contributed by atoms with Gasteiger partial charge in [-0.2, -0.15) is 0 Å². The van der Waals surface area contributed by atoms with Gasteiger partial charge in [0.2, 0.25) is 0 Å². The molecule has 0 aromatic carbocycles. The second kappa shape index (κ2) is 7.83. The first-order chi connectivity index (χ1) is 14.7. The molecular formula is C20H12Br2O4S4. The molecule has 0 N–H and O–H groups in total. The van der Waals surface area contributed by atoms with Gasteiger partial charge in [0, 0.05) is 31.6 Å². The van der Waals surface area contributed by atoms with Gasteiger partial charge in [0.25, 0.3) is 0 Å². The fraction of sp³-hybridized carbons (Fsp3) is 0.200. The molecule has 154 valence electrons. The molecule has 30 heavy (non-hydrogen) atoms. The zero-order valence-corrected chi connectivity index (χ0v) is 21.6. The Kier molecular flexibility index (Phi) is 5.12. The number of hydrogen-bond donors (Lipinski definition) is 0. The molecule has 4 nitrogen and oxygen atoms in total. The van der Waals surface area contributed by atoms with E-state index in [-0.39, 0.29) is 0 Å². The van der Waals surface area contributed by atoms with Crippen molar-refractivity contribution in [2.45, 2.75) is 0 Å². The lowest BCUT2D eigenvalue weighted by Crippen LogP contribution is -2.14. The maximum atomic E-state index is 5.90. The van der Waals surface area contributed by atoms with Gasteiger partial charge in [0.15, 0.2) is 23.0 Å². The van der Waals surface area contributed by atoms with Gasteiger partial charge in [-0.15, -0.1) is 45.3 Å². The Morgan fingerprint density at radius 2 is 1.00 bits per heavy atom. The highest BCUT2D eigenvalue weighted by molar-refractivity contribution is 9.11. The van der Waals surface area contributed by atoms with Crippen LogP contribution in [0.3, 0.4) is 0 Å². The molecule has 6 heterocycles. The van der Waals surface area contributed by atoms with Crippen LogP contribution in [0.1, 0.15) is 0 Å². The minimum Gasteiger partial charge on any atom is -0.485 e. The van der Waals surface area contributed by atoms with E-state index >= 15 is 0 Å². The van der Waals surface area contributed by atoms with Gasteiger partial charge in [0.1, 0.15) is 34.0 Å². The lowest BCUT2D eigenvalue weighted by Gasteiger charge is -2.16. The Labute approximate surface area is 205 Å². The summed E-state index contributed by atoms with van der Waals surface area (Å²) in [6.07, 6.45) is 0. The maximum absolute atomic E-state index is 5.90. The second-order valence-corrected chi connectivity index (χ2v) is 13.0. The van der Waals surface area contributed by atoms with Crippen molar-refractivity contribution in [3.8, 4) is 53.6 Å². The van der Waals surface area contributed by atoms with Crippen LogP contribution in [-0.2, 0) is 0 Å². The molecule has 0 spiro atoms. The number of thiophene rings is 4. The molecule has 0 unspecified atom stereocenters. The number of fused-ring (bicyclic) bond motifs is 2. The van der Waals surface area contributed by atoms with Crippen molar-refractivity contribution in [2.24, 2.45) is 0 Å². The third kappa shape index (κ3) is 3.23. The van der Waals surface area contributed by atoms with Gasteiger partial charge < -0.3 is 18.9 Å². The highest BCUT2D eigenvalue weighted by atomic mass is 79.9. The van der Waals surface area contributed by atoms with E-state index in [0.29, 0.717) is 26.4 Å². The van der Waals surface area contributed by atoms with Crippen LogP contribution in [0.2, 0.25) is 0 Å². The minimum atomic E-state index is 0.584. The van der Waals surface area contributed by atoms with Crippen molar-refractivity contribution in [1.82, 2.24) is 0 Å². The highest BCUT2D eigenvalue weighted by Gasteiger charge is 2.26. The van der Waals surface area contributed by atoms with Crippen LogP contribution in [-0.4, -0.2) is 26.4 Å². The SMILES string of the molecule is Brc1sc(-c2csc(-c3cc(-c4sc(Br)c5c4OCCO5)cs3)c2)c2c1OCCO2. The summed E-state index contributed by atoms with van der Waals surface area (Å²) in [6, 6.07) is 4.46. The highest BCUT2D eigenvalue weighted by Crippen LogP contribution is 2.55. The molecule has 0 fully saturated rings. The maximum Gasteiger partial charge on any atom is 0.187 e. The standard InChI is InChI=1S/C20H12Br2O4S4/c21-19-15-13(23-1-3-25-15)17(29-19)9-5-11(27-7-9)12-6-10(8-28-12)18-14-16(20(22)30-18)26-4-2-24-14/h5-8H,1-4H2. The van der Waals surface area contributed by atoms with E-state index in [1.165, 1.54) is 9.75 Å². The van der Waals surface area contributed by atoms with Crippen LogP contribution >= 0.6 is 77.2 Å². The number of halogens is 2. The zero-order valence-electron chi connectivity index (χ0n) is 15.2. The first-order valence-electron chi connectivity index (χ1n) is 9.03. The average Bonchev–Trinajstić information content (AvgIpc) is 3.54. The number of ether oxygens (including phenoxy) is 4. The fourth-order valence-corrected chi connectivity index (χ4v) is 8.81. The lowest BCUT2D eigenvalue weighted by atomic mass is 10.2. The Morgan fingerprint density at radius 1 is 0.600 bits per heavy atom. The first-order valence-corrected chi connectivity index (χ1v) is 14.0. The van der Waals surface area contributed by atoms with E-state index in [4.69, 9.17) is 18.9 Å². The Balaban J connectivity index is 1.34. The van der Waals surface area contributed by atoms with Gasteiger partial charge >= 0.3 is 0 Å². The molecule has 2 aliphatic heterocycles. The van der Waals surface area contributed by atoms with Crippen LogP contribution < -0.4 is 18.9 Å². The molecule has 0 radical (unpaired) electrons. The summed E-state index contributed by atoms with van der Waals surface area (Å²) in [5.41, 5.74) is 2.32. The van der Waals surface area contributed by atoms with Crippen LogP contribution in [0.4, 0.5) is 0 Å². The molecular weight excluding hydrogens is 592 g/mol. The number of hydrogen-bond acceptors (Lipinski definition) is 8. The van der Waals surface area contributed by atoms with Crippen LogP contribution in [0.15, 0.2) is 30.5 Å². The van der Waals surface area contributed by atoms with Crippen LogP contribution in [0.5, 0.6) is 23.0 Å². The van der Waals surface area contributed by atoms with Crippen LogP contribution in [0, 0.1) is 0 Å². The summed E-state index contributed by atoms with van der Waals surface area (Å²) in [5.74, 6) is 3.34. The quantitative estimate of drug-likeness (QED) is 0.238. The van der Waals surface area contributed by atoms with Gasteiger partial charge in [-0.05, 0) is 44.0 Å². The molecule has 0 atom stereocenters. The van der Waals surface area contributed by atoms with Gasteiger partial charge in [-0.25, -0.2) is 0 Å². The van der Waals surface area contributed by atoms with Crippen molar-refractivity contribution >= 4 is 77.2 Å². The summed E-state index contributed by atoms with van der Waals surface area (Å²) < 4.78 is 25.3. The Morgan fingerprint density at radius 3 is 1.43 bits per heavy atom. The largest absolute Gasteiger partial charge is 0.485 e. The number of rotatable bonds is 3. The van der Waals surface area contributed by atoms with E-state index < -0.39 is 0 Å². The molecule has 0 amide bonds. The summed E-state index contributed by atoms with van der Waals surface area (Å²) >= 11 is 14.0. The van der Waals surface area contributed by atoms with Crippen molar-refractivity contribution < 1.29 is 18.9 Å². The predicted molar refractivity (Wildman–Crippen MR) is 132 cm³/mol. The van der Waals surface area contributed by atoms with Crippen molar-refractivity contribution in [1.29, 1.82) is 0 Å². The molecule has 0 aliphatic carbocycles. The molecule has 4 aromatic heterocycles. The fourth-order valence-electron chi connectivity index (χ4n) is 3.38. The smallest absolute Gasteiger partial charge is 0.187 e. The molecule has 2 aliphatic rings. The van der Waals surface area contributed by atoms with E-state index in [0.717, 1.165) is 51.5 Å².